The third kappa shape index (κ3) is 4.42. The second kappa shape index (κ2) is 10.9. The van der Waals surface area contributed by atoms with E-state index in [-0.39, 0.29) is 30.9 Å². The number of aliphatic hydroxyl groups excluding tert-OH is 1. The topological polar surface area (TPSA) is 90.4 Å². The molecule has 212 valence electrons. The molecule has 8 nitrogen and oxygen atoms in total. The number of nitrogens with zero attached hydrogens (tertiary/aromatic N) is 3. The summed E-state index contributed by atoms with van der Waals surface area (Å²) in [6, 6.07) is 4.25. The summed E-state index contributed by atoms with van der Waals surface area (Å²) in [5.41, 5.74) is 0.620. The van der Waals surface area contributed by atoms with Gasteiger partial charge in [-0.05, 0) is 58.1 Å². The number of likely N-dealkylation sites (tertiary alicyclic amines) is 1. The number of anilines is 1. The maximum atomic E-state index is 14.7. The van der Waals surface area contributed by atoms with Crippen LogP contribution in [0.3, 0.4) is 0 Å². The van der Waals surface area contributed by atoms with E-state index in [1.807, 2.05) is 45.9 Å². The van der Waals surface area contributed by atoms with Gasteiger partial charge in [0.2, 0.25) is 11.8 Å². The first-order valence-corrected chi connectivity index (χ1v) is 14.0. The van der Waals surface area contributed by atoms with E-state index in [1.54, 1.807) is 28.9 Å². The fraction of sp³-hybridized carbons (Fsp3) is 0.581. The molecule has 0 saturated carbocycles. The van der Waals surface area contributed by atoms with Crippen LogP contribution in [0.1, 0.15) is 51.2 Å². The number of aryl methyl sites for hydroxylation is 2. The monoisotopic (exact) mass is 537 g/mol. The molecular weight excluding hydrogens is 494 g/mol. The molecule has 1 N–H and O–H groups in total. The van der Waals surface area contributed by atoms with Crippen molar-refractivity contribution < 1.29 is 24.2 Å². The van der Waals surface area contributed by atoms with Crippen LogP contribution in [0.2, 0.25) is 0 Å². The maximum absolute atomic E-state index is 14.7. The number of fused-ring (bicyclic) bond motifs is 1. The number of hydrogen-bond donors (Lipinski definition) is 1. The summed E-state index contributed by atoms with van der Waals surface area (Å²) in [7, 11) is 0. The van der Waals surface area contributed by atoms with Gasteiger partial charge in [-0.2, -0.15) is 0 Å². The molecule has 1 spiro atoms. The Balaban J connectivity index is 1.85. The number of carbonyl (C=O) groups excluding carboxylic acids is 3. The minimum Gasteiger partial charge on any atom is -0.394 e. The van der Waals surface area contributed by atoms with Gasteiger partial charge in [0.15, 0.2) is 0 Å². The Bertz CT molecular complexity index is 1150. The Morgan fingerprint density at radius 1 is 1.18 bits per heavy atom. The lowest BCUT2D eigenvalue weighted by molar-refractivity contribution is -0.151. The molecule has 0 aromatic heterocycles. The van der Waals surface area contributed by atoms with E-state index >= 15 is 0 Å². The van der Waals surface area contributed by atoms with Crippen LogP contribution >= 0.6 is 0 Å². The second-order valence-electron chi connectivity index (χ2n) is 11.6. The zero-order valence-corrected chi connectivity index (χ0v) is 24.0. The predicted octanol–water partition coefficient (Wildman–Crippen LogP) is 3.39. The molecule has 8 heteroatoms. The lowest BCUT2D eigenvalue weighted by Gasteiger charge is -2.39. The Morgan fingerprint density at radius 2 is 1.82 bits per heavy atom. The Morgan fingerprint density at radius 3 is 2.38 bits per heavy atom. The van der Waals surface area contributed by atoms with Crippen molar-refractivity contribution in [2.24, 2.45) is 11.8 Å². The number of amides is 3. The van der Waals surface area contributed by atoms with Gasteiger partial charge in [-0.15, -0.1) is 13.2 Å². The molecule has 39 heavy (non-hydrogen) atoms. The molecule has 0 radical (unpaired) electrons. The van der Waals surface area contributed by atoms with Crippen LogP contribution in [0.25, 0.3) is 0 Å². The SMILES string of the molecule is C=CCN(CCC)C(=O)[C@@H]1[C@H]2C(=O)N([C@H](C)CO)C(C(=O)N(CC=C)c3c(C)cccc3C)C23CC[C@@]1(C)O3. The first-order valence-electron chi connectivity index (χ1n) is 14.0. The molecule has 3 aliphatic rings. The molecule has 0 aliphatic carbocycles. The molecule has 6 atom stereocenters. The minimum atomic E-state index is -1.16. The van der Waals surface area contributed by atoms with Gasteiger partial charge in [0, 0.05) is 25.3 Å². The molecule has 1 aromatic rings. The van der Waals surface area contributed by atoms with Crippen molar-refractivity contribution in [3.8, 4) is 0 Å². The average Bonchev–Trinajstić information content (AvgIpc) is 3.47. The molecule has 1 aromatic carbocycles. The maximum Gasteiger partial charge on any atom is 0.253 e. The van der Waals surface area contributed by atoms with Crippen molar-refractivity contribution in [2.45, 2.75) is 77.2 Å². The lowest BCUT2D eigenvalue weighted by Crippen LogP contribution is -2.58. The molecule has 2 unspecified atom stereocenters. The molecule has 3 saturated heterocycles. The highest BCUT2D eigenvalue weighted by Gasteiger charge is 2.78. The highest BCUT2D eigenvalue weighted by molar-refractivity contribution is 6.05. The summed E-state index contributed by atoms with van der Waals surface area (Å²) < 4.78 is 6.77. The lowest BCUT2D eigenvalue weighted by atomic mass is 9.66. The van der Waals surface area contributed by atoms with Gasteiger partial charge in [0.1, 0.15) is 11.6 Å². The molecule has 3 aliphatic heterocycles. The zero-order valence-electron chi connectivity index (χ0n) is 24.0. The van der Waals surface area contributed by atoms with Gasteiger partial charge >= 0.3 is 0 Å². The van der Waals surface area contributed by atoms with Gasteiger partial charge in [-0.3, -0.25) is 14.4 Å². The van der Waals surface area contributed by atoms with Crippen molar-refractivity contribution in [3.63, 3.8) is 0 Å². The highest BCUT2D eigenvalue weighted by atomic mass is 16.5. The van der Waals surface area contributed by atoms with Crippen molar-refractivity contribution in [3.05, 3.63) is 54.6 Å². The third-order valence-electron chi connectivity index (χ3n) is 8.90. The average molecular weight is 538 g/mol. The first kappa shape index (κ1) is 29.0. The summed E-state index contributed by atoms with van der Waals surface area (Å²) in [6.45, 7) is 18.1. The van der Waals surface area contributed by atoms with E-state index in [4.69, 9.17) is 4.74 Å². The fourth-order valence-electron chi connectivity index (χ4n) is 7.29. The number of aliphatic hydroxyl groups is 1. The largest absolute Gasteiger partial charge is 0.394 e. The van der Waals surface area contributed by atoms with Crippen LogP contribution in [0, 0.1) is 25.7 Å². The molecule has 3 fully saturated rings. The highest BCUT2D eigenvalue weighted by Crippen LogP contribution is 2.64. The van der Waals surface area contributed by atoms with Gasteiger partial charge < -0.3 is 24.5 Å². The van der Waals surface area contributed by atoms with E-state index in [1.165, 1.54) is 4.90 Å². The molecule has 3 heterocycles. The number of hydrogen-bond acceptors (Lipinski definition) is 5. The van der Waals surface area contributed by atoms with Crippen LogP contribution in [0.15, 0.2) is 43.5 Å². The second-order valence-corrected chi connectivity index (χ2v) is 11.6. The first-order chi connectivity index (χ1) is 18.5. The van der Waals surface area contributed by atoms with E-state index in [2.05, 4.69) is 13.2 Å². The standard InChI is InChI=1S/C31H43N3O5/c1-8-16-32(17-9-2)27(36)23-24-28(37)34(22(6)19-35)26(31(24)15-14-30(23,7)39-31)29(38)33(18-10-3)25-20(4)12-11-13-21(25)5/h8,10-13,22-24,26,35H,1,3,9,14-19H2,2,4-7H3/t22-,23+,24+,26?,30-,31?/m1/s1. The fourth-order valence-corrected chi connectivity index (χ4v) is 7.29. The Hall–Kier alpha value is -2.97. The Labute approximate surface area is 232 Å². The van der Waals surface area contributed by atoms with Crippen molar-refractivity contribution in [1.82, 2.24) is 9.80 Å². The molecular formula is C31H43N3O5. The van der Waals surface area contributed by atoms with Crippen LogP contribution in [-0.4, -0.2) is 82.2 Å². The summed E-state index contributed by atoms with van der Waals surface area (Å²) in [5.74, 6) is -2.24. The smallest absolute Gasteiger partial charge is 0.253 e. The van der Waals surface area contributed by atoms with Gasteiger partial charge in [-0.25, -0.2) is 0 Å². The molecule has 2 bridgehead atoms. The van der Waals surface area contributed by atoms with Crippen molar-refractivity contribution in [2.75, 3.05) is 31.1 Å². The summed E-state index contributed by atoms with van der Waals surface area (Å²) in [4.78, 5) is 47.9. The van der Waals surface area contributed by atoms with E-state index in [0.29, 0.717) is 25.9 Å². The normalized spacial score (nSPS) is 29.7. The minimum absolute atomic E-state index is 0.137. The summed E-state index contributed by atoms with van der Waals surface area (Å²) in [6.07, 6.45) is 5.19. The van der Waals surface area contributed by atoms with Gasteiger partial charge in [0.25, 0.3) is 5.91 Å². The summed E-state index contributed by atoms with van der Waals surface area (Å²) >= 11 is 0. The van der Waals surface area contributed by atoms with E-state index < -0.39 is 35.1 Å². The van der Waals surface area contributed by atoms with Crippen LogP contribution in [-0.2, 0) is 19.1 Å². The van der Waals surface area contributed by atoms with Crippen LogP contribution in [0.5, 0.6) is 0 Å². The number of ether oxygens (including phenoxy) is 1. The van der Waals surface area contributed by atoms with Gasteiger partial charge in [0.05, 0.1) is 30.1 Å². The predicted molar refractivity (Wildman–Crippen MR) is 151 cm³/mol. The van der Waals surface area contributed by atoms with Crippen molar-refractivity contribution >= 4 is 23.4 Å². The molecule has 4 rings (SSSR count). The van der Waals surface area contributed by atoms with E-state index in [9.17, 15) is 19.5 Å². The van der Waals surface area contributed by atoms with Crippen molar-refractivity contribution in [1.29, 1.82) is 0 Å². The van der Waals surface area contributed by atoms with Crippen LogP contribution in [0.4, 0.5) is 5.69 Å². The number of benzene rings is 1. The third-order valence-corrected chi connectivity index (χ3v) is 8.90. The number of para-hydroxylation sites is 1. The van der Waals surface area contributed by atoms with E-state index in [0.717, 1.165) is 23.2 Å². The quantitative estimate of drug-likeness (QED) is 0.437. The Kier molecular flexibility index (Phi) is 8.11. The summed E-state index contributed by atoms with van der Waals surface area (Å²) in [5, 5.41) is 10.2. The number of rotatable bonds is 11. The zero-order chi connectivity index (χ0) is 28.7. The van der Waals surface area contributed by atoms with Crippen LogP contribution < -0.4 is 4.90 Å². The number of carbonyl (C=O) groups is 3. The van der Waals surface area contributed by atoms with Gasteiger partial charge in [-0.1, -0.05) is 37.3 Å². The molecule has 3 amide bonds.